The Hall–Kier alpha value is -1.92. The molecule has 1 saturated carbocycles. The van der Waals surface area contributed by atoms with Gasteiger partial charge < -0.3 is 15.2 Å². The predicted octanol–water partition coefficient (Wildman–Crippen LogP) is 2.14. The van der Waals surface area contributed by atoms with Crippen molar-refractivity contribution in [2.75, 3.05) is 26.3 Å². The zero-order chi connectivity index (χ0) is 18.5. The third-order valence-electron chi connectivity index (χ3n) is 5.74. The van der Waals surface area contributed by atoms with Crippen LogP contribution < -0.4 is 5.32 Å². The molecular formula is C20H28N2O4. The van der Waals surface area contributed by atoms with Gasteiger partial charge in [0, 0.05) is 19.6 Å². The Labute approximate surface area is 154 Å². The van der Waals surface area contributed by atoms with E-state index in [-0.39, 0.29) is 17.5 Å². The summed E-state index contributed by atoms with van der Waals surface area (Å²) >= 11 is 0. The highest BCUT2D eigenvalue weighted by Crippen LogP contribution is 2.35. The number of carboxylic acids is 1. The summed E-state index contributed by atoms with van der Waals surface area (Å²) in [5.74, 6) is 0.337. The standard InChI is InChI=1S/C20H28N2O4/c1-14(22-9-10-26-13-18(12-22)16-3-2-4-16)19(23)21-11-15-5-7-17(8-6-15)20(24)25/h5-8,14,16,18H,2-4,9-13H2,1H3,(H,21,23)(H,24,25). The van der Waals surface area contributed by atoms with Crippen LogP contribution in [0.5, 0.6) is 0 Å². The van der Waals surface area contributed by atoms with Gasteiger partial charge in [0.2, 0.25) is 5.91 Å². The van der Waals surface area contributed by atoms with Gasteiger partial charge in [-0.25, -0.2) is 4.79 Å². The lowest BCUT2D eigenvalue weighted by Crippen LogP contribution is -2.48. The number of hydrogen-bond donors (Lipinski definition) is 2. The molecular weight excluding hydrogens is 332 g/mol. The predicted molar refractivity (Wildman–Crippen MR) is 97.9 cm³/mol. The highest BCUT2D eigenvalue weighted by Gasteiger charge is 2.33. The van der Waals surface area contributed by atoms with Crippen LogP contribution in [-0.2, 0) is 16.1 Å². The minimum atomic E-state index is -0.946. The normalized spacial score (nSPS) is 22.9. The number of aromatic carboxylic acids is 1. The lowest BCUT2D eigenvalue weighted by molar-refractivity contribution is -0.126. The number of carbonyl (C=O) groups excluding carboxylic acids is 1. The number of carboxylic acid groups (broad SMARTS) is 1. The van der Waals surface area contributed by atoms with E-state index in [1.54, 1.807) is 24.3 Å². The van der Waals surface area contributed by atoms with Crippen molar-refractivity contribution in [3.05, 3.63) is 35.4 Å². The Morgan fingerprint density at radius 3 is 2.62 bits per heavy atom. The number of ether oxygens (including phenoxy) is 1. The molecule has 1 aliphatic heterocycles. The summed E-state index contributed by atoms with van der Waals surface area (Å²) in [6, 6.07) is 6.39. The summed E-state index contributed by atoms with van der Waals surface area (Å²) in [6.45, 7) is 5.55. The smallest absolute Gasteiger partial charge is 0.335 e. The van der Waals surface area contributed by atoms with E-state index >= 15 is 0 Å². The maximum atomic E-state index is 12.6. The van der Waals surface area contributed by atoms with Gasteiger partial charge in [-0.3, -0.25) is 9.69 Å². The van der Waals surface area contributed by atoms with E-state index in [2.05, 4.69) is 10.2 Å². The van der Waals surface area contributed by atoms with Crippen LogP contribution in [-0.4, -0.2) is 54.2 Å². The van der Waals surface area contributed by atoms with Crippen LogP contribution in [0, 0.1) is 11.8 Å². The van der Waals surface area contributed by atoms with E-state index in [4.69, 9.17) is 9.84 Å². The summed E-state index contributed by atoms with van der Waals surface area (Å²) in [7, 11) is 0. The molecule has 1 aliphatic carbocycles. The van der Waals surface area contributed by atoms with Gasteiger partial charge in [-0.2, -0.15) is 0 Å². The van der Waals surface area contributed by atoms with Crippen LogP contribution in [0.2, 0.25) is 0 Å². The largest absolute Gasteiger partial charge is 0.478 e. The molecule has 2 atom stereocenters. The molecule has 0 bridgehead atoms. The van der Waals surface area contributed by atoms with Crippen LogP contribution in [0.3, 0.4) is 0 Å². The van der Waals surface area contributed by atoms with E-state index in [1.165, 1.54) is 19.3 Å². The number of rotatable bonds is 6. The highest BCUT2D eigenvalue weighted by molar-refractivity contribution is 5.87. The second-order valence-corrected chi connectivity index (χ2v) is 7.42. The first-order chi connectivity index (χ1) is 12.5. The van der Waals surface area contributed by atoms with Crippen molar-refractivity contribution in [1.29, 1.82) is 0 Å². The third kappa shape index (κ3) is 4.62. The number of hydrogen-bond acceptors (Lipinski definition) is 4. The molecule has 2 fully saturated rings. The number of nitrogens with zero attached hydrogens (tertiary/aromatic N) is 1. The molecule has 1 aromatic rings. The van der Waals surface area contributed by atoms with Crippen molar-refractivity contribution in [3.63, 3.8) is 0 Å². The Morgan fingerprint density at radius 1 is 1.27 bits per heavy atom. The van der Waals surface area contributed by atoms with Crippen molar-refractivity contribution in [3.8, 4) is 0 Å². The second kappa shape index (κ2) is 8.64. The Balaban J connectivity index is 1.52. The van der Waals surface area contributed by atoms with Gasteiger partial charge in [-0.15, -0.1) is 0 Å². The molecule has 1 amide bonds. The van der Waals surface area contributed by atoms with Crippen molar-refractivity contribution < 1.29 is 19.4 Å². The first-order valence-electron chi connectivity index (χ1n) is 9.46. The van der Waals surface area contributed by atoms with Gasteiger partial charge in [0.1, 0.15) is 0 Å². The zero-order valence-corrected chi connectivity index (χ0v) is 15.3. The van der Waals surface area contributed by atoms with Crippen LogP contribution in [0.4, 0.5) is 0 Å². The second-order valence-electron chi connectivity index (χ2n) is 7.42. The fraction of sp³-hybridized carbons (Fsp3) is 0.600. The molecule has 1 saturated heterocycles. The van der Waals surface area contributed by atoms with Crippen LogP contribution in [0.25, 0.3) is 0 Å². The molecule has 1 heterocycles. The molecule has 2 unspecified atom stereocenters. The van der Waals surface area contributed by atoms with Crippen molar-refractivity contribution in [1.82, 2.24) is 10.2 Å². The van der Waals surface area contributed by atoms with Crippen LogP contribution in [0.15, 0.2) is 24.3 Å². The summed E-state index contributed by atoms with van der Waals surface area (Å²) in [5.41, 5.74) is 1.14. The molecule has 0 radical (unpaired) electrons. The molecule has 2 N–H and O–H groups in total. The number of amides is 1. The lowest BCUT2D eigenvalue weighted by atomic mass is 9.76. The molecule has 0 aromatic heterocycles. The van der Waals surface area contributed by atoms with Gasteiger partial charge in [-0.1, -0.05) is 31.4 Å². The number of benzene rings is 1. The molecule has 6 heteroatoms. The summed E-state index contributed by atoms with van der Waals surface area (Å²) in [5, 5.41) is 11.9. The quantitative estimate of drug-likeness (QED) is 0.813. The molecule has 6 nitrogen and oxygen atoms in total. The molecule has 142 valence electrons. The Bertz CT molecular complexity index is 627. The van der Waals surface area contributed by atoms with E-state index < -0.39 is 5.97 Å². The SMILES string of the molecule is CC(C(=O)NCc1ccc(C(=O)O)cc1)N1CCOCC(C2CCC2)C1. The van der Waals surface area contributed by atoms with Crippen LogP contribution >= 0.6 is 0 Å². The molecule has 3 rings (SSSR count). The van der Waals surface area contributed by atoms with Gasteiger partial charge in [0.25, 0.3) is 0 Å². The average molecular weight is 360 g/mol. The molecule has 0 spiro atoms. The fourth-order valence-electron chi connectivity index (χ4n) is 3.68. The van der Waals surface area contributed by atoms with E-state index in [0.29, 0.717) is 19.1 Å². The fourth-order valence-corrected chi connectivity index (χ4v) is 3.68. The summed E-state index contributed by atoms with van der Waals surface area (Å²) in [4.78, 5) is 25.7. The monoisotopic (exact) mass is 360 g/mol. The Morgan fingerprint density at radius 2 is 2.00 bits per heavy atom. The van der Waals surface area contributed by atoms with E-state index in [9.17, 15) is 9.59 Å². The lowest BCUT2D eigenvalue weighted by Gasteiger charge is -2.36. The molecule has 26 heavy (non-hydrogen) atoms. The maximum Gasteiger partial charge on any atom is 0.335 e. The minimum Gasteiger partial charge on any atom is -0.478 e. The minimum absolute atomic E-state index is 0.00145. The first-order valence-corrected chi connectivity index (χ1v) is 9.46. The van der Waals surface area contributed by atoms with Gasteiger partial charge in [-0.05, 0) is 36.5 Å². The summed E-state index contributed by atoms with van der Waals surface area (Å²) < 4.78 is 5.76. The van der Waals surface area contributed by atoms with E-state index in [1.807, 2.05) is 6.92 Å². The Kier molecular flexibility index (Phi) is 6.27. The topological polar surface area (TPSA) is 78.9 Å². The number of carbonyl (C=O) groups is 2. The summed E-state index contributed by atoms with van der Waals surface area (Å²) in [6.07, 6.45) is 3.89. The average Bonchev–Trinajstić information content (AvgIpc) is 2.84. The van der Waals surface area contributed by atoms with Crippen molar-refractivity contribution >= 4 is 11.9 Å². The van der Waals surface area contributed by atoms with Gasteiger partial charge in [0.05, 0.1) is 24.8 Å². The van der Waals surface area contributed by atoms with Crippen molar-refractivity contribution in [2.45, 2.75) is 38.8 Å². The third-order valence-corrected chi connectivity index (χ3v) is 5.74. The van der Waals surface area contributed by atoms with Crippen LogP contribution in [0.1, 0.15) is 42.1 Å². The van der Waals surface area contributed by atoms with Crippen molar-refractivity contribution in [2.24, 2.45) is 11.8 Å². The highest BCUT2D eigenvalue weighted by atomic mass is 16.5. The molecule has 1 aromatic carbocycles. The van der Waals surface area contributed by atoms with Gasteiger partial charge >= 0.3 is 5.97 Å². The van der Waals surface area contributed by atoms with E-state index in [0.717, 1.165) is 31.2 Å². The first kappa shape index (κ1) is 18.9. The number of nitrogens with one attached hydrogen (secondary N) is 1. The van der Waals surface area contributed by atoms with Gasteiger partial charge in [0.15, 0.2) is 0 Å². The zero-order valence-electron chi connectivity index (χ0n) is 15.3. The maximum absolute atomic E-state index is 12.6. The molecule has 2 aliphatic rings.